The summed E-state index contributed by atoms with van der Waals surface area (Å²) in [6, 6.07) is 16.4. The first-order valence-corrected chi connectivity index (χ1v) is 12.7. The summed E-state index contributed by atoms with van der Waals surface area (Å²) >= 11 is 0. The molecule has 2 N–H and O–H groups in total. The Balaban J connectivity index is 1.81. The fourth-order valence-corrected chi connectivity index (χ4v) is 5.28. The average Bonchev–Trinajstić information content (AvgIpc) is 3.07. The first-order valence-electron chi connectivity index (χ1n) is 11.2. The SMILES string of the molecule is Cc1cccc(-c2ccc(C(=O)NS(=O)(=O)c3ccccc3)c(N3CCC(C)C3(C)C)n2)c1O. The van der Waals surface area contributed by atoms with Gasteiger partial charge in [-0.15, -0.1) is 0 Å². The molecule has 1 amide bonds. The van der Waals surface area contributed by atoms with Gasteiger partial charge in [-0.05, 0) is 69.0 Å². The van der Waals surface area contributed by atoms with Crippen molar-refractivity contribution in [3.05, 3.63) is 71.8 Å². The molecular weight excluding hydrogens is 450 g/mol. The highest BCUT2D eigenvalue weighted by Gasteiger charge is 2.41. The minimum Gasteiger partial charge on any atom is -0.507 e. The molecule has 0 bridgehead atoms. The van der Waals surface area contributed by atoms with Crippen LogP contribution >= 0.6 is 0 Å². The van der Waals surface area contributed by atoms with E-state index in [1.807, 2.05) is 6.07 Å². The molecule has 1 fully saturated rings. The zero-order valence-corrected chi connectivity index (χ0v) is 20.6. The number of carbonyl (C=O) groups excluding carboxylic acids is 1. The predicted molar refractivity (Wildman–Crippen MR) is 132 cm³/mol. The average molecular weight is 480 g/mol. The zero-order valence-electron chi connectivity index (χ0n) is 19.7. The van der Waals surface area contributed by atoms with Crippen molar-refractivity contribution in [2.24, 2.45) is 5.92 Å². The number of para-hydroxylation sites is 1. The number of nitrogens with one attached hydrogen (secondary N) is 1. The number of carbonyl (C=O) groups is 1. The van der Waals surface area contributed by atoms with Gasteiger partial charge in [0, 0.05) is 17.6 Å². The minimum atomic E-state index is -4.05. The molecule has 3 aromatic rings. The Morgan fingerprint density at radius 2 is 1.79 bits per heavy atom. The predicted octanol–water partition coefficient (Wildman–Crippen LogP) is 4.51. The van der Waals surface area contributed by atoms with Gasteiger partial charge in [0.15, 0.2) is 0 Å². The first-order chi connectivity index (χ1) is 16.0. The number of sulfonamides is 1. The molecule has 4 rings (SSSR count). The molecule has 1 atom stereocenters. The Hall–Kier alpha value is -3.39. The molecule has 1 unspecified atom stereocenters. The van der Waals surface area contributed by atoms with Crippen LogP contribution in [-0.4, -0.2) is 36.5 Å². The fourth-order valence-electron chi connectivity index (χ4n) is 4.29. The number of nitrogens with zero attached hydrogens (tertiary/aromatic N) is 2. The summed E-state index contributed by atoms with van der Waals surface area (Å²) in [6.45, 7) is 8.81. The number of aromatic hydroxyl groups is 1. The molecule has 7 nitrogen and oxygen atoms in total. The molecule has 34 heavy (non-hydrogen) atoms. The van der Waals surface area contributed by atoms with E-state index < -0.39 is 15.9 Å². The molecule has 2 aromatic carbocycles. The fraction of sp³-hybridized carbons (Fsp3) is 0.308. The van der Waals surface area contributed by atoms with Gasteiger partial charge in [0.25, 0.3) is 15.9 Å². The summed E-state index contributed by atoms with van der Waals surface area (Å²) in [5.74, 6) is 0.114. The van der Waals surface area contributed by atoms with Gasteiger partial charge in [0.2, 0.25) is 0 Å². The van der Waals surface area contributed by atoms with Gasteiger partial charge >= 0.3 is 0 Å². The quantitative estimate of drug-likeness (QED) is 0.559. The van der Waals surface area contributed by atoms with Crippen LogP contribution in [0.3, 0.4) is 0 Å². The van der Waals surface area contributed by atoms with Crippen LogP contribution in [0.2, 0.25) is 0 Å². The number of rotatable bonds is 5. The Kier molecular flexibility index (Phi) is 6.12. The lowest BCUT2D eigenvalue weighted by Gasteiger charge is -2.36. The standard InChI is InChI=1S/C26H29N3O4S/c1-17-9-8-12-20(23(17)30)22-14-13-21(24(27-22)29-16-15-18(2)26(29,3)4)25(31)28-34(32,33)19-10-6-5-7-11-19/h5-14,18,30H,15-16H2,1-4H3,(H,28,31). The van der Waals surface area contributed by atoms with E-state index in [2.05, 4.69) is 30.4 Å². The van der Waals surface area contributed by atoms with E-state index in [0.29, 0.717) is 35.1 Å². The van der Waals surface area contributed by atoms with Gasteiger partial charge < -0.3 is 10.0 Å². The smallest absolute Gasteiger partial charge is 0.268 e. The maximum absolute atomic E-state index is 13.3. The molecule has 178 valence electrons. The molecule has 0 radical (unpaired) electrons. The van der Waals surface area contributed by atoms with Crippen molar-refractivity contribution in [1.29, 1.82) is 0 Å². The van der Waals surface area contributed by atoms with Crippen LogP contribution in [0.5, 0.6) is 5.75 Å². The van der Waals surface area contributed by atoms with E-state index in [-0.39, 0.29) is 21.7 Å². The van der Waals surface area contributed by atoms with E-state index >= 15 is 0 Å². The van der Waals surface area contributed by atoms with Crippen molar-refractivity contribution in [3.63, 3.8) is 0 Å². The molecule has 1 aliphatic heterocycles. The van der Waals surface area contributed by atoms with Gasteiger partial charge in [-0.25, -0.2) is 18.1 Å². The van der Waals surface area contributed by atoms with Crippen LogP contribution in [0.25, 0.3) is 11.3 Å². The van der Waals surface area contributed by atoms with Crippen LogP contribution in [0, 0.1) is 12.8 Å². The van der Waals surface area contributed by atoms with Crippen molar-refractivity contribution in [1.82, 2.24) is 9.71 Å². The highest BCUT2D eigenvalue weighted by Crippen LogP contribution is 2.40. The van der Waals surface area contributed by atoms with E-state index in [9.17, 15) is 18.3 Å². The van der Waals surface area contributed by atoms with E-state index in [1.54, 1.807) is 49.4 Å². The third kappa shape index (κ3) is 4.25. The number of anilines is 1. The summed E-state index contributed by atoms with van der Waals surface area (Å²) in [5.41, 5.74) is 1.64. The largest absolute Gasteiger partial charge is 0.507 e. The number of pyridine rings is 1. The van der Waals surface area contributed by atoms with E-state index in [0.717, 1.165) is 6.42 Å². The molecule has 1 saturated heterocycles. The van der Waals surface area contributed by atoms with Gasteiger partial charge in [0.05, 0.1) is 16.2 Å². The molecule has 8 heteroatoms. The molecule has 0 saturated carbocycles. The molecule has 1 aliphatic rings. The maximum atomic E-state index is 13.3. The lowest BCUT2D eigenvalue weighted by molar-refractivity contribution is 0.0981. The normalized spacial score (nSPS) is 17.5. The lowest BCUT2D eigenvalue weighted by Crippen LogP contribution is -2.43. The van der Waals surface area contributed by atoms with Crippen LogP contribution in [0.15, 0.2) is 65.6 Å². The number of hydrogen-bond donors (Lipinski definition) is 2. The molecular formula is C26H29N3O4S. The Bertz CT molecular complexity index is 1340. The summed E-state index contributed by atoms with van der Waals surface area (Å²) in [5, 5.41) is 10.6. The van der Waals surface area contributed by atoms with Crippen LogP contribution in [0.4, 0.5) is 5.82 Å². The number of phenolic OH excluding ortho intramolecular Hbond substituents is 1. The molecule has 0 aliphatic carbocycles. The number of benzene rings is 2. The molecule has 1 aromatic heterocycles. The van der Waals surface area contributed by atoms with E-state index in [1.165, 1.54) is 12.1 Å². The van der Waals surface area contributed by atoms with Crippen molar-refractivity contribution < 1.29 is 18.3 Å². The van der Waals surface area contributed by atoms with Gasteiger partial charge in [-0.1, -0.05) is 37.3 Å². The summed E-state index contributed by atoms with van der Waals surface area (Å²) in [6.07, 6.45) is 0.915. The van der Waals surface area contributed by atoms with Crippen molar-refractivity contribution in [3.8, 4) is 17.0 Å². The third-order valence-corrected chi connectivity index (χ3v) is 8.20. The second-order valence-corrected chi connectivity index (χ2v) is 11.0. The zero-order chi connectivity index (χ0) is 24.7. The third-order valence-electron chi connectivity index (χ3n) is 6.86. The van der Waals surface area contributed by atoms with Crippen LogP contribution in [0.1, 0.15) is 43.1 Å². The molecule has 2 heterocycles. The Morgan fingerprint density at radius 3 is 2.44 bits per heavy atom. The topological polar surface area (TPSA) is 99.6 Å². The summed E-state index contributed by atoms with van der Waals surface area (Å²) < 4.78 is 27.8. The number of hydrogen-bond acceptors (Lipinski definition) is 6. The van der Waals surface area contributed by atoms with Crippen molar-refractivity contribution in [2.75, 3.05) is 11.4 Å². The highest BCUT2D eigenvalue weighted by atomic mass is 32.2. The summed E-state index contributed by atoms with van der Waals surface area (Å²) in [7, 11) is -4.05. The molecule has 0 spiro atoms. The number of phenols is 1. The van der Waals surface area contributed by atoms with Crippen LogP contribution < -0.4 is 9.62 Å². The lowest BCUT2D eigenvalue weighted by atomic mass is 9.90. The second-order valence-electron chi connectivity index (χ2n) is 9.28. The summed E-state index contributed by atoms with van der Waals surface area (Å²) in [4.78, 5) is 20.1. The van der Waals surface area contributed by atoms with Crippen molar-refractivity contribution >= 4 is 21.7 Å². The maximum Gasteiger partial charge on any atom is 0.268 e. The highest BCUT2D eigenvalue weighted by molar-refractivity contribution is 7.90. The second kappa shape index (κ2) is 8.76. The van der Waals surface area contributed by atoms with E-state index in [4.69, 9.17) is 4.98 Å². The number of amides is 1. The van der Waals surface area contributed by atoms with Gasteiger partial charge in [-0.3, -0.25) is 4.79 Å². The first kappa shape index (κ1) is 23.8. The Labute approximate surface area is 200 Å². The number of aryl methyl sites for hydroxylation is 1. The van der Waals surface area contributed by atoms with Crippen LogP contribution in [-0.2, 0) is 10.0 Å². The monoisotopic (exact) mass is 479 g/mol. The van der Waals surface area contributed by atoms with Gasteiger partial charge in [-0.2, -0.15) is 0 Å². The van der Waals surface area contributed by atoms with Crippen molar-refractivity contribution in [2.45, 2.75) is 44.6 Å². The van der Waals surface area contributed by atoms with Gasteiger partial charge in [0.1, 0.15) is 11.6 Å². The Morgan fingerprint density at radius 1 is 1.09 bits per heavy atom. The minimum absolute atomic E-state index is 0.00860. The number of aromatic nitrogens is 1.